The molecule has 0 radical (unpaired) electrons. The number of hydrogen-bond acceptors (Lipinski definition) is 5. The van der Waals surface area contributed by atoms with Crippen molar-refractivity contribution in [2.45, 2.75) is 31.8 Å². The van der Waals surface area contributed by atoms with Gasteiger partial charge in [0.25, 0.3) is 11.8 Å². The molecule has 0 bridgehead atoms. The normalized spacial score (nSPS) is 13.3. The molecule has 26 heavy (non-hydrogen) atoms. The van der Waals surface area contributed by atoms with Crippen LogP contribution in [-0.2, 0) is 17.8 Å². The highest BCUT2D eigenvalue weighted by Crippen LogP contribution is 2.18. The molecule has 1 aliphatic rings. The van der Waals surface area contributed by atoms with E-state index in [-0.39, 0.29) is 25.0 Å². The fraction of sp³-hybridized carbons (Fsp3) is 0.368. The monoisotopic (exact) mass is 357 g/mol. The van der Waals surface area contributed by atoms with E-state index in [1.54, 1.807) is 6.07 Å². The largest absolute Gasteiger partial charge is 0.484 e. The van der Waals surface area contributed by atoms with Crippen LogP contribution >= 0.6 is 0 Å². The van der Waals surface area contributed by atoms with Crippen LogP contribution in [0.25, 0.3) is 0 Å². The van der Waals surface area contributed by atoms with Crippen LogP contribution in [0.2, 0.25) is 0 Å². The molecule has 1 aromatic heterocycles. The number of benzene rings is 1. The Morgan fingerprint density at radius 3 is 2.65 bits per heavy atom. The zero-order chi connectivity index (χ0) is 18.4. The first-order chi connectivity index (χ1) is 12.6. The summed E-state index contributed by atoms with van der Waals surface area (Å²) in [5.41, 5.74) is 6.99. The van der Waals surface area contributed by atoms with Crippen molar-refractivity contribution in [3.8, 4) is 5.75 Å². The number of amides is 2. The van der Waals surface area contributed by atoms with Crippen LogP contribution in [0.5, 0.6) is 5.75 Å². The van der Waals surface area contributed by atoms with Gasteiger partial charge in [0.05, 0.1) is 12.1 Å². The van der Waals surface area contributed by atoms with Gasteiger partial charge in [-0.05, 0) is 43.0 Å². The van der Waals surface area contributed by atoms with Crippen molar-refractivity contribution >= 4 is 11.8 Å². The van der Waals surface area contributed by atoms with Crippen molar-refractivity contribution in [3.63, 3.8) is 0 Å². The quantitative estimate of drug-likeness (QED) is 0.628. The second kappa shape index (κ2) is 8.53. The Kier molecular flexibility index (Phi) is 5.91. The van der Waals surface area contributed by atoms with Gasteiger partial charge in [-0.2, -0.15) is 0 Å². The maximum atomic E-state index is 12.0. The summed E-state index contributed by atoms with van der Waals surface area (Å²) in [6, 6.07) is 9.47. The standard InChI is InChI=1S/C19H23N3O4/c20-10-17-9-14(11-25-17)19(24)21-8-7-13-1-5-16(6-2-13)26-12-18(23)22-15-3-4-15/h1-2,5-6,9,11,15H,3-4,7-8,10,12,20H2,(H,21,24)(H,22,23). The fourth-order valence-corrected chi connectivity index (χ4v) is 2.43. The average Bonchev–Trinajstić information content (AvgIpc) is 3.33. The molecule has 4 N–H and O–H groups in total. The zero-order valence-electron chi connectivity index (χ0n) is 14.5. The molecule has 0 saturated heterocycles. The highest BCUT2D eigenvalue weighted by Gasteiger charge is 2.23. The number of carbonyl (C=O) groups is 2. The molecule has 0 atom stereocenters. The molecule has 2 amide bonds. The summed E-state index contributed by atoms with van der Waals surface area (Å²) in [4.78, 5) is 23.6. The Bertz CT molecular complexity index is 750. The molecule has 0 aliphatic heterocycles. The van der Waals surface area contributed by atoms with E-state index < -0.39 is 0 Å². The Labute approximate surface area is 151 Å². The van der Waals surface area contributed by atoms with Crippen LogP contribution < -0.4 is 21.1 Å². The lowest BCUT2D eigenvalue weighted by Gasteiger charge is -2.08. The van der Waals surface area contributed by atoms with E-state index >= 15 is 0 Å². The first kappa shape index (κ1) is 18.0. The third-order valence-electron chi connectivity index (χ3n) is 4.05. The minimum atomic E-state index is -0.185. The van der Waals surface area contributed by atoms with E-state index in [0.29, 0.717) is 36.1 Å². The van der Waals surface area contributed by atoms with Crippen molar-refractivity contribution in [2.24, 2.45) is 5.73 Å². The van der Waals surface area contributed by atoms with Crippen LogP contribution in [-0.4, -0.2) is 31.0 Å². The van der Waals surface area contributed by atoms with Crippen LogP contribution in [0, 0.1) is 0 Å². The Morgan fingerprint density at radius 1 is 1.23 bits per heavy atom. The van der Waals surface area contributed by atoms with Crippen molar-refractivity contribution in [1.29, 1.82) is 0 Å². The molecule has 3 rings (SSSR count). The van der Waals surface area contributed by atoms with Gasteiger partial charge in [0.2, 0.25) is 0 Å². The van der Waals surface area contributed by atoms with Gasteiger partial charge in [0.15, 0.2) is 6.61 Å². The van der Waals surface area contributed by atoms with Crippen LogP contribution in [0.15, 0.2) is 41.0 Å². The maximum absolute atomic E-state index is 12.0. The first-order valence-electron chi connectivity index (χ1n) is 8.71. The van der Waals surface area contributed by atoms with Crippen LogP contribution in [0.1, 0.15) is 34.5 Å². The molecule has 1 saturated carbocycles. The molecule has 2 aromatic rings. The lowest BCUT2D eigenvalue weighted by Crippen LogP contribution is -2.30. The predicted octanol–water partition coefficient (Wildman–Crippen LogP) is 1.37. The van der Waals surface area contributed by atoms with E-state index in [0.717, 1.165) is 18.4 Å². The third-order valence-corrected chi connectivity index (χ3v) is 4.05. The first-order valence-corrected chi connectivity index (χ1v) is 8.71. The molecule has 138 valence electrons. The van der Waals surface area contributed by atoms with Crippen molar-refractivity contribution in [1.82, 2.24) is 10.6 Å². The number of ether oxygens (including phenoxy) is 1. The van der Waals surface area contributed by atoms with E-state index in [1.807, 2.05) is 24.3 Å². The maximum Gasteiger partial charge on any atom is 0.258 e. The predicted molar refractivity (Wildman–Crippen MR) is 95.7 cm³/mol. The van der Waals surface area contributed by atoms with Crippen LogP contribution in [0.4, 0.5) is 0 Å². The lowest BCUT2D eigenvalue weighted by molar-refractivity contribution is -0.123. The number of nitrogens with one attached hydrogen (secondary N) is 2. The van der Waals surface area contributed by atoms with Gasteiger partial charge in [-0.15, -0.1) is 0 Å². The summed E-state index contributed by atoms with van der Waals surface area (Å²) < 4.78 is 10.6. The van der Waals surface area contributed by atoms with Crippen LogP contribution in [0.3, 0.4) is 0 Å². The Balaban J connectivity index is 1.38. The fourth-order valence-electron chi connectivity index (χ4n) is 2.43. The number of rotatable bonds is 9. The number of nitrogens with two attached hydrogens (primary N) is 1. The topological polar surface area (TPSA) is 107 Å². The molecule has 1 heterocycles. The summed E-state index contributed by atoms with van der Waals surface area (Å²) in [6.45, 7) is 0.803. The van der Waals surface area contributed by atoms with Crippen molar-refractivity contribution < 1.29 is 18.7 Å². The summed E-state index contributed by atoms with van der Waals surface area (Å²) in [5, 5.41) is 5.71. The van der Waals surface area contributed by atoms with E-state index in [9.17, 15) is 9.59 Å². The summed E-state index contributed by atoms with van der Waals surface area (Å²) in [5.74, 6) is 0.958. The lowest BCUT2D eigenvalue weighted by atomic mass is 10.1. The van der Waals surface area contributed by atoms with Crippen molar-refractivity contribution in [3.05, 3.63) is 53.5 Å². The van der Waals surface area contributed by atoms with Crippen molar-refractivity contribution in [2.75, 3.05) is 13.2 Å². The number of furan rings is 1. The van der Waals surface area contributed by atoms with E-state index in [1.165, 1.54) is 6.26 Å². The molecule has 0 unspecified atom stereocenters. The van der Waals surface area contributed by atoms with Gasteiger partial charge in [0, 0.05) is 12.6 Å². The molecule has 7 nitrogen and oxygen atoms in total. The second-order valence-corrected chi connectivity index (χ2v) is 6.29. The molecular formula is C19H23N3O4. The number of hydrogen-bond donors (Lipinski definition) is 3. The molecule has 1 aliphatic carbocycles. The zero-order valence-corrected chi connectivity index (χ0v) is 14.5. The van der Waals surface area contributed by atoms with E-state index in [4.69, 9.17) is 14.9 Å². The second-order valence-electron chi connectivity index (χ2n) is 6.29. The minimum absolute atomic E-state index is 0.0292. The molecule has 1 aromatic carbocycles. The van der Waals surface area contributed by atoms with Gasteiger partial charge in [0.1, 0.15) is 17.8 Å². The van der Waals surface area contributed by atoms with Gasteiger partial charge in [-0.1, -0.05) is 12.1 Å². The number of carbonyl (C=O) groups excluding carboxylic acids is 2. The summed E-state index contributed by atoms with van der Waals surface area (Å²) >= 11 is 0. The highest BCUT2D eigenvalue weighted by molar-refractivity contribution is 5.93. The third kappa shape index (κ3) is 5.35. The Morgan fingerprint density at radius 2 is 2.00 bits per heavy atom. The smallest absolute Gasteiger partial charge is 0.258 e. The van der Waals surface area contributed by atoms with Gasteiger partial charge >= 0.3 is 0 Å². The molecule has 0 spiro atoms. The van der Waals surface area contributed by atoms with Gasteiger partial charge in [-0.25, -0.2) is 0 Å². The molecule has 7 heteroatoms. The minimum Gasteiger partial charge on any atom is -0.484 e. The van der Waals surface area contributed by atoms with E-state index in [2.05, 4.69) is 10.6 Å². The molecular weight excluding hydrogens is 334 g/mol. The van der Waals surface area contributed by atoms with Gasteiger partial charge in [-0.3, -0.25) is 9.59 Å². The Hall–Kier alpha value is -2.80. The molecule has 1 fully saturated rings. The SMILES string of the molecule is NCc1cc(C(=O)NCCc2ccc(OCC(=O)NC3CC3)cc2)co1. The highest BCUT2D eigenvalue weighted by atomic mass is 16.5. The average molecular weight is 357 g/mol. The summed E-state index contributed by atoms with van der Waals surface area (Å²) in [6.07, 6.45) is 4.22. The summed E-state index contributed by atoms with van der Waals surface area (Å²) in [7, 11) is 0. The van der Waals surface area contributed by atoms with Gasteiger partial charge < -0.3 is 25.5 Å².